The van der Waals surface area contributed by atoms with Crippen LogP contribution in [0.1, 0.15) is 265 Å². The van der Waals surface area contributed by atoms with Crippen molar-refractivity contribution in [3.8, 4) is 0 Å². The Balaban J connectivity index is 4.31. The summed E-state index contributed by atoms with van der Waals surface area (Å²) >= 11 is 0. The van der Waals surface area contributed by atoms with Gasteiger partial charge in [-0.1, -0.05) is 249 Å². The maximum absolute atomic E-state index is 12.7. The molecule has 0 aromatic carbocycles. The lowest BCUT2D eigenvalue weighted by Crippen LogP contribution is -2.30. The second-order valence-corrected chi connectivity index (χ2v) is 17.4. The summed E-state index contributed by atoms with van der Waals surface area (Å²) in [4.78, 5) is 37.8. The average Bonchev–Trinajstić information content (AvgIpc) is 3.26. The third-order valence-corrected chi connectivity index (χ3v) is 11.4. The van der Waals surface area contributed by atoms with Crippen molar-refractivity contribution in [2.24, 2.45) is 0 Å². The van der Waals surface area contributed by atoms with E-state index in [0.29, 0.717) is 19.3 Å². The molecule has 0 N–H and O–H groups in total. The number of carbonyl (C=O) groups is 3. The van der Waals surface area contributed by atoms with Gasteiger partial charge in [-0.25, -0.2) is 0 Å². The molecule has 0 amide bonds. The van der Waals surface area contributed by atoms with Crippen molar-refractivity contribution in [2.45, 2.75) is 271 Å². The van der Waals surface area contributed by atoms with Crippen LogP contribution in [0, 0.1) is 0 Å². The molecule has 1 atom stereocenters. The zero-order valence-electron chi connectivity index (χ0n) is 40.4. The van der Waals surface area contributed by atoms with Crippen LogP contribution in [-0.2, 0) is 28.6 Å². The van der Waals surface area contributed by atoms with Gasteiger partial charge in [0.25, 0.3) is 0 Å². The van der Waals surface area contributed by atoms with E-state index < -0.39 is 6.10 Å². The highest BCUT2D eigenvalue weighted by Crippen LogP contribution is 2.16. The summed E-state index contributed by atoms with van der Waals surface area (Å²) in [5.74, 6) is -0.973. The lowest BCUT2D eigenvalue weighted by atomic mass is 10.0. The minimum absolute atomic E-state index is 0.0979. The molecule has 0 heterocycles. The molecule has 0 bridgehead atoms. The van der Waals surface area contributed by atoms with Gasteiger partial charge in [-0.3, -0.25) is 14.4 Å². The smallest absolute Gasteiger partial charge is 0.306 e. The molecule has 0 aliphatic carbocycles. The van der Waals surface area contributed by atoms with Gasteiger partial charge in [0.2, 0.25) is 0 Å². The van der Waals surface area contributed by atoms with Gasteiger partial charge in [0.15, 0.2) is 6.10 Å². The fourth-order valence-electron chi connectivity index (χ4n) is 7.46. The Morgan fingerprint density at radius 2 is 0.639 bits per heavy atom. The van der Waals surface area contributed by atoms with Gasteiger partial charge in [-0.2, -0.15) is 0 Å². The topological polar surface area (TPSA) is 78.9 Å². The molecule has 0 aliphatic rings. The van der Waals surface area contributed by atoms with Crippen LogP contribution in [0.25, 0.3) is 0 Å². The summed E-state index contributed by atoms with van der Waals surface area (Å²) in [5, 5.41) is 0. The molecule has 0 fully saturated rings. The number of esters is 3. The van der Waals surface area contributed by atoms with Crippen LogP contribution in [0.5, 0.6) is 0 Å². The predicted molar refractivity (Wildman–Crippen MR) is 261 cm³/mol. The zero-order chi connectivity index (χ0) is 44.4. The van der Waals surface area contributed by atoms with Crippen molar-refractivity contribution in [3.05, 3.63) is 48.6 Å². The number of hydrogen-bond donors (Lipinski definition) is 0. The first-order valence-corrected chi connectivity index (χ1v) is 26.1. The molecule has 0 saturated carbocycles. The average molecular weight is 855 g/mol. The van der Waals surface area contributed by atoms with E-state index in [2.05, 4.69) is 57.2 Å². The van der Waals surface area contributed by atoms with Crippen LogP contribution in [-0.4, -0.2) is 37.2 Å². The second kappa shape index (κ2) is 50.0. The predicted octanol–water partition coefficient (Wildman–Crippen LogP) is 17.1. The van der Waals surface area contributed by atoms with Crippen molar-refractivity contribution in [1.29, 1.82) is 0 Å². The van der Waals surface area contributed by atoms with Gasteiger partial charge in [0, 0.05) is 19.3 Å². The van der Waals surface area contributed by atoms with Crippen molar-refractivity contribution in [1.82, 2.24) is 0 Å². The summed E-state index contributed by atoms with van der Waals surface area (Å²) in [7, 11) is 0. The van der Waals surface area contributed by atoms with Gasteiger partial charge >= 0.3 is 17.9 Å². The lowest BCUT2D eigenvalue weighted by Gasteiger charge is -2.18. The van der Waals surface area contributed by atoms with E-state index >= 15 is 0 Å². The molecule has 0 aromatic rings. The maximum atomic E-state index is 12.7. The summed E-state index contributed by atoms with van der Waals surface area (Å²) in [6.07, 6.45) is 59.8. The van der Waals surface area contributed by atoms with Crippen molar-refractivity contribution in [3.63, 3.8) is 0 Å². The van der Waals surface area contributed by atoms with E-state index in [0.717, 1.165) is 64.2 Å². The summed E-state index contributed by atoms with van der Waals surface area (Å²) < 4.78 is 16.7. The molecule has 0 rings (SSSR count). The Labute approximate surface area is 378 Å². The highest BCUT2D eigenvalue weighted by molar-refractivity contribution is 5.71. The molecule has 354 valence electrons. The Morgan fingerprint density at radius 1 is 0.344 bits per heavy atom. The second-order valence-electron chi connectivity index (χ2n) is 17.4. The highest BCUT2D eigenvalue weighted by Gasteiger charge is 2.19. The zero-order valence-corrected chi connectivity index (χ0v) is 40.4. The van der Waals surface area contributed by atoms with E-state index in [-0.39, 0.29) is 37.5 Å². The van der Waals surface area contributed by atoms with Crippen molar-refractivity contribution >= 4 is 17.9 Å². The third-order valence-electron chi connectivity index (χ3n) is 11.4. The van der Waals surface area contributed by atoms with Gasteiger partial charge in [-0.05, 0) is 44.9 Å². The number of unbranched alkanes of at least 4 members (excludes halogenated alkanes) is 28. The first-order chi connectivity index (χ1) is 30.0. The van der Waals surface area contributed by atoms with E-state index in [9.17, 15) is 14.4 Å². The van der Waals surface area contributed by atoms with Crippen LogP contribution in [0.2, 0.25) is 0 Å². The monoisotopic (exact) mass is 855 g/mol. The number of rotatable bonds is 47. The van der Waals surface area contributed by atoms with Gasteiger partial charge in [0.1, 0.15) is 13.2 Å². The lowest BCUT2D eigenvalue weighted by molar-refractivity contribution is -0.166. The highest BCUT2D eigenvalue weighted by atomic mass is 16.6. The Bertz CT molecular complexity index is 1070. The van der Waals surface area contributed by atoms with Crippen LogP contribution in [0.4, 0.5) is 0 Å². The van der Waals surface area contributed by atoms with Crippen LogP contribution >= 0.6 is 0 Å². The fraction of sp³-hybridized carbons (Fsp3) is 0.800. The molecule has 61 heavy (non-hydrogen) atoms. The summed E-state index contributed by atoms with van der Waals surface area (Å²) in [6, 6.07) is 0. The standard InChI is InChI=1S/C55H98O6/c1-4-7-10-13-16-19-22-24-25-26-27-28-29-30-32-33-36-39-42-45-48-54(57)60-51-52(50-59-53(56)47-44-41-38-35-21-18-15-12-9-6-3)61-55(58)49-46-43-40-37-34-31-23-20-17-14-11-8-5-2/h8,11,17,20,31,34,40,43,52H,4-7,9-10,12-16,18-19,21-30,32-33,35-39,41-42,44-51H2,1-3H3/b11-8-,20-17-,34-31-,43-40-. The molecule has 6 heteroatoms. The van der Waals surface area contributed by atoms with Gasteiger partial charge in [-0.15, -0.1) is 0 Å². The SMILES string of the molecule is CC/C=C\C/C=C\C/C=C\C/C=C\CCC(=O)OC(COC(=O)CCCCCCCCCCCC)COC(=O)CCCCCCCCCCCCCCCCCCCCCC. The molecule has 6 nitrogen and oxygen atoms in total. The Morgan fingerprint density at radius 3 is 0.967 bits per heavy atom. The van der Waals surface area contributed by atoms with E-state index in [1.54, 1.807) is 0 Å². The summed E-state index contributed by atoms with van der Waals surface area (Å²) in [5.41, 5.74) is 0. The van der Waals surface area contributed by atoms with Crippen molar-refractivity contribution < 1.29 is 28.6 Å². The molecule has 0 aromatic heterocycles. The minimum Gasteiger partial charge on any atom is -0.462 e. The molecular formula is C55H98O6. The quantitative estimate of drug-likeness (QED) is 0.0263. The number of hydrogen-bond acceptors (Lipinski definition) is 6. The largest absolute Gasteiger partial charge is 0.462 e. The molecule has 1 unspecified atom stereocenters. The molecule has 0 radical (unpaired) electrons. The fourth-order valence-corrected chi connectivity index (χ4v) is 7.46. The molecule has 0 saturated heterocycles. The van der Waals surface area contributed by atoms with Crippen LogP contribution in [0.3, 0.4) is 0 Å². The van der Waals surface area contributed by atoms with Crippen LogP contribution in [0.15, 0.2) is 48.6 Å². The van der Waals surface area contributed by atoms with Gasteiger partial charge in [0.05, 0.1) is 0 Å². The maximum Gasteiger partial charge on any atom is 0.306 e. The molecular weight excluding hydrogens is 757 g/mol. The van der Waals surface area contributed by atoms with Crippen molar-refractivity contribution in [2.75, 3.05) is 13.2 Å². The normalized spacial score (nSPS) is 12.4. The molecule has 0 spiro atoms. The minimum atomic E-state index is -0.805. The Hall–Kier alpha value is -2.63. The molecule has 0 aliphatic heterocycles. The van der Waals surface area contributed by atoms with Crippen LogP contribution < -0.4 is 0 Å². The van der Waals surface area contributed by atoms with Gasteiger partial charge < -0.3 is 14.2 Å². The summed E-state index contributed by atoms with van der Waals surface area (Å²) in [6.45, 7) is 6.47. The first kappa shape index (κ1) is 58.4. The van der Waals surface area contributed by atoms with E-state index in [4.69, 9.17) is 14.2 Å². The number of carbonyl (C=O) groups excluding carboxylic acids is 3. The number of allylic oxidation sites excluding steroid dienone is 8. The third kappa shape index (κ3) is 48.3. The number of ether oxygens (including phenoxy) is 3. The van der Waals surface area contributed by atoms with E-state index in [1.165, 1.54) is 154 Å². The Kier molecular flexibility index (Phi) is 47.9. The first-order valence-electron chi connectivity index (χ1n) is 26.1. The van der Waals surface area contributed by atoms with E-state index in [1.807, 2.05) is 12.2 Å².